The van der Waals surface area contributed by atoms with Crippen LogP contribution < -0.4 is 5.32 Å². The van der Waals surface area contributed by atoms with Gasteiger partial charge in [-0.3, -0.25) is 4.79 Å². The van der Waals surface area contributed by atoms with Gasteiger partial charge in [-0.1, -0.05) is 48.0 Å². The third-order valence-corrected chi connectivity index (χ3v) is 5.48. The number of methoxy groups -OCH3 is 1. The number of carbonyl (C=O) groups is 2. The van der Waals surface area contributed by atoms with E-state index in [0.717, 1.165) is 16.9 Å². The number of ether oxygens (including phenoxy) is 1. The lowest BCUT2D eigenvalue weighted by Gasteiger charge is -2.33. The van der Waals surface area contributed by atoms with Crippen molar-refractivity contribution in [2.24, 2.45) is 0 Å². The molecule has 5 nitrogen and oxygen atoms in total. The lowest BCUT2D eigenvalue weighted by Crippen LogP contribution is -2.34. The number of hydrogen-bond donors (Lipinski definition) is 2. The van der Waals surface area contributed by atoms with Crippen LogP contribution in [-0.2, 0) is 4.74 Å². The van der Waals surface area contributed by atoms with Gasteiger partial charge in [0.2, 0.25) is 0 Å². The minimum absolute atomic E-state index is 0.00562. The first-order valence-electron chi connectivity index (χ1n) is 7.77. The number of thiophene rings is 1. The van der Waals surface area contributed by atoms with Gasteiger partial charge < -0.3 is 15.2 Å². The van der Waals surface area contributed by atoms with Gasteiger partial charge in [0.25, 0.3) is 5.91 Å². The Morgan fingerprint density at radius 3 is 2.65 bits per heavy atom. The molecule has 0 fully saturated rings. The number of carbonyl (C=O) groups excluding carboxylic acids is 1. The van der Waals surface area contributed by atoms with Crippen LogP contribution in [-0.4, -0.2) is 29.2 Å². The molecular formula is C19H16ClNO4S. The number of aromatic carboxylic acids is 1. The van der Waals surface area contributed by atoms with E-state index in [4.69, 9.17) is 21.4 Å². The fourth-order valence-corrected chi connectivity index (χ4v) is 3.84. The summed E-state index contributed by atoms with van der Waals surface area (Å²) in [6.07, 6.45) is 5.21. The van der Waals surface area contributed by atoms with E-state index in [-0.39, 0.29) is 16.4 Å². The number of hydrogen-bond acceptors (Lipinski definition) is 4. The maximum Gasteiger partial charge on any atom is 0.346 e. The van der Waals surface area contributed by atoms with E-state index in [1.54, 1.807) is 17.5 Å². The van der Waals surface area contributed by atoms with E-state index in [9.17, 15) is 9.59 Å². The average molecular weight is 390 g/mol. The van der Waals surface area contributed by atoms with E-state index >= 15 is 0 Å². The third kappa shape index (κ3) is 3.58. The summed E-state index contributed by atoms with van der Waals surface area (Å²) in [4.78, 5) is 23.6. The number of allylic oxidation sites excluding steroid dienone is 1. The van der Waals surface area contributed by atoms with Crippen molar-refractivity contribution in [3.63, 3.8) is 0 Å². The number of benzene rings is 1. The highest BCUT2D eigenvalue weighted by molar-refractivity contribution is 7.12. The molecule has 1 amide bonds. The molecule has 0 aliphatic heterocycles. The second-order valence-electron chi connectivity index (χ2n) is 5.67. The summed E-state index contributed by atoms with van der Waals surface area (Å²) in [7, 11) is 1.50. The van der Waals surface area contributed by atoms with Crippen molar-refractivity contribution in [2.45, 2.75) is 11.0 Å². The number of carboxylic acid groups (broad SMARTS) is 1. The number of halogens is 1. The summed E-state index contributed by atoms with van der Waals surface area (Å²) in [5.41, 5.74) is 1.54. The molecule has 0 radical (unpaired) electrons. The van der Waals surface area contributed by atoms with Crippen LogP contribution in [0.4, 0.5) is 0 Å². The van der Waals surface area contributed by atoms with Gasteiger partial charge in [-0.25, -0.2) is 4.79 Å². The number of alkyl halides is 1. The summed E-state index contributed by atoms with van der Waals surface area (Å²) in [5, 5.41) is 12.2. The van der Waals surface area contributed by atoms with Crippen LogP contribution in [0.3, 0.4) is 0 Å². The van der Waals surface area contributed by atoms with Gasteiger partial charge in [0.15, 0.2) is 5.06 Å². The highest BCUT2D eigenvalue weighted by Gasteiger charge is 2.37. The molecule has 2 N–H and O–H groups in total. The molecule has 1 aliphatic rings. The lowest BCUT2D eigenvalue weighted by atomic mass is 9.88. The first-order chi connectivity index (χ1) is 12.4. The SMILES string of the molecule is COC1(Cl)C=C(NC(=O)c2ccsc2C(=O)O)C=CC1c1ccccc1. The molecule has 0 bridgehead atoms. The summed E-state index contributed by atoms with van der Waals surface area (Å²) in [6, 6.07) is 11.1. The second-order valence-corrected chi connectivity index (χ2v) is 7.18. The van der Waals surface area contributed by atoms with Gasteiger partial charge in [0.05, 0.1) is 5.56 Å². The van der Waals surface area contributed by atoms with Crippen molar-refractivity contribution < 1.29 is 19.4 Å². The first-order valence-corrected chi connectivity index (χ1v) is 9.02. The molecule has 134 valence electrons. The first kappa shape index (κ1) is 18.4. The number of nitrogens with one attached hydrogen (secondary N) is 1. The number of rotatable bonds is 5. The molecule has 2 aromatic rings. The van der Waals surface area contributed by atoms with E-state index in [1.165, 1.54) is 13.2 Å². The predicted molar refractivity (Wildman–Crippen MR) is 101 cm³/mol. The molecule has 1 aromatic carbocycles. The minimum Gasteiger partial charge on any atom is -0.477 e. The second kappa shape index (κ2) is 7.45. The highest BCUT2D eigenvalue weighted by atomic mass is 35.5. The molecule has 3 rings (SSSR count). The number of amides is 1. The molecule has 0 spiro atoms. The molecule has 1 aliphatic carbocycles. The van der Waals surface area contributed by atoms with Crippen molar-refractivity contribution in [1.29, 1.82) is 0 Å². The zero-order chi connectivity index (χ0) is 18.7. The fourth-order valence-electron chi connectivity index (χ4n) is 2.80. The molecule has 7 heteroatoms. The zero-order valence-corrected chi connectivity index (χ0v) is 15.4. The maximum atomic E-state index is 12.4. The van der Waals surface area contributed by atoms with E-state index in [0.29, 0.717) is 5.70 Å². The van der Waals surface area contributed by atoms with Crippen LogP contribution in [0.15, 0.2) is 65.7 Å². The Bertz CT molecular complexity index is 890. The molecule has 26 heavy (non-hydrogen) atoms. The van der Waals surface area contributed by atoms with Crippen molar-refractivity contribution in [1.82, 2.24) is 5.32 Å². The molecule has 0 saturated heterocycles. The highest BCUT2D eigenvalue weighted by Crippen LogP contribution is 2.40. The molecular weight excluding hydrogens is 374 g/mol. The van der Waals surface area contributed by atoms with Gasteiger partial charge in [0.1, 0.15) is 4.88 Å². The van der Waals surface area contributed by atoms with Gasteiger partial charge >= 0.3 is 5.97 Å². The average Bonchev–Trinajstić information content (AvgIpc) is 3.13. The summed E-state index contributed by atoms with van der Waals surface area (Å²) in [5.74, 6) is -1.87. The molecule has 0 saturated carbocycles. The standard InChI is InChI=1S/C19H16ClNO4S/c1-25-19(20)11-13(7-8-15(19)12-5-3-2-4-6-12)21-17(22)14-9-10-26-16(14)18(23)24/h2-11,15H,1H3,(H,21,22)(H,23,24). The van der Waals surface area contributed by atoms with Gasteiger partial charge in [0, 0.05) is 18.7 Å². The Labute approximate surface area is 159 Å². The van der Waals surface area contributed by atoms with Crippen molar-refractivity contribution in [3.8, 4) is 0 Å². The fraction of sp³-hybridized carbons (Fsp3) is 0.158. The van der Waals surface area contributed by atoms with Gasteiger partial charge in [-0.2, -0.15) is 0 Å². The summed E-state index contributed by atoms with van der Waals surface area (Å²) < 4.78 is 5.50. The molecule has 2 unspecified atom stereocenters. The molecule has 2 atom stereocenters. The Balaban J connectivity index is 1.84. The number of carboxylic acids is 1. The van der Waals surface area contributed by atoms with Crippen LogP contribution in [0, 0.1) is 0 Å². The van der Waals surface area contributed by atoms with E-state index in [2.05, 4.69) is 5.32 Å². The van der Waals surface area contributed by atoms with Crippen LogP contribution >= 0.6 is 22.9 Å². The largest absolute Gasteiger partial charge is 0.477 e. The Hall–Kier alpha value is -2.41. The smallest absolute Gasteiger partial charge is 0.346 e. The monoisotopic (exact) mass is 389 g/mol. The Kier molecular flexibility index (Phi) is 5.27. The predicted octanol–water partition coefficient (Wildman–Crippen LogP) is 4.00. The Morgan fingerprint density at radius 2 is 2.00 bits per heavy atom. The van der Waals surface area contributed by atoms with E-state index < -0.39 is 16.9 Å². The van der Waals surface area contributed by atoms with Crippen molar-refractivity contribution in [3.05, 3.63) is 81.7 Å². The maximum absolute atomic E-state index is 12.4. The van der Waals surface area contributed by atoms with Crippen molar-refractivity contribution in [2.75, 3.05) is 7.11 Å². The summed E-state index contributed by atoms with van der Waals surface area (Å²) in [6.45, 7) is 0. The van der Waals surface area contributed by atoms with Gasteiger partial charge in [-0.05, 0) is 29.2 Å². The normalized spacial score (nSPS) is 21.9. The lowest BCUT2D eigenvalue weighted by molar-refractivity contribution is 0.0696. The quantitative estimate of drug-likeness (QED) is 0.758. The third-order valence-electron chi connectivity index (χ3n) is 4.08. The van der Waals surface area contributed by atoms with Gasteiger partial charge in [-0.15, -0.1) is 11.3 Å². The topological polar surface area (TPSA) is 75.6 Å². The van der Waals surface area contributed by atoms with Crippen LogP contribution in [0.1, 0.15) is 31.5 Å². The van der Waals surface area contributed by atoms with E-state index in [1.807, 2.05) is 36.4 Å². The molecule has 1 heterocycles. The molecule has 1 aromatic heterocycles. The Morgan fingerprint density at radius 1 is 1.27 bits per heavy atom. The summed E-state index contributed by atoms with van der Waals surface area (Å²) >= 11 is 7.65. The zero-order valence-electron chi connectivity index (χ0n) is 13.8. The minimum atomic E-state index is -1.16. The van der Waals surface area contributed by atoms with Crippen LogP contribution in [0.25, 0.3) is 0 Å². The van der Waals surface area contributed by atoms with Crippen molar-refractivity contribution >= 4 is 34.8 Å². The van der Waals surface area contributed by atoms with Crippen LogP contribution in [0.2, 0.25) is 0 Å². The van der Waals surface area contributed by atoms with Crippen LogP contribution in [0.5, 0.6) is 0 Å².